The number of hydrogen-bond acceptors (Lipinski definition) is 5. The summed E-state index contributed by atoms with van der Waals surface area (Å²) in [5, 5.41) is 10.2. The van der Waals surface area contributed by atoms with E-state index in [-0.39, 0.29) is 23.3 Å². The highest BCUT2D eigenvalue weighted by molar-refractivity contribution is 7.89. The number of aliphatic hydroxyl groups is 1. The van der Waals surface area contributed by atoms with Crippen LogP contribution in [0, 0.1) is 0 Å². The van der Waals surface area contributed by atoms with Gasteiger partial charge in [-0.3, -0.25) is 4.40 Å². The van der Waals surface area contributed by atoms with Crippen LogP contribution >= 0.6 is 22.9 Å². The molecule has 0 bridgehead atoms. The van der Waals surface area contributed by atoms with E-state index < -0.39 is 10.0 Å². The molecule has 9 heteroatoms. The second-order valence-corrected chi connectivity index (χ2v) is 6.15. The summed E-state index contributed by atoms with van der Waals surface area (Å²) in [6.07, 6.45) is 1.95. The van der Waals surface area contributed by atoms with Crippen molar-refractivity contribution in [3.8, 4) is 0 Å². The maximum absolute atomic E-state index is 12.0. The van der Waals surface area contributed by atoms with Gasteiger partial charge in [0.25, 0.3) is 10.0 Å². The molecule has 2 rings (SSSR count). The maximum atomic E-state index is 12.0. The van der Waals surface area contributed by atoms with Crippen LogP contribution in [0.25, 0.3) is 4.96 Å². The van der Waals surface area contributed by atoms with Crippen LogP contribution in [0.5, 0.6) is 0 Å². The fraction of sp³-hybridized carbons (Fsp3) is 0.375. The van der Waals surface area contributed by atoms with Crippen LogP contribution in [0.1, 0.15) is 6.42 Å². The van der Waals surface area contributed by atoms with Gasteiger partial charge in [-0.15, -0.1) is 11.3 Å². The molecule has 94 valence electrons. The number of nitrogens with one attached hydrogen (secondary N) is 1. The lowest BCUT2D eigenvalue weighted by Gasteiger charge is -2.04. The predicted molar refractivity (Wildman–Crippen MR) is 65.0 cm³/mol. The van der Waals surface area contributed by atoms with E-state index in [1.807, 2.05) is 0 Å². The highest BCUT2D eigenvalue weighted by atomic mass is 35.5. The summed E-state index contributed by atoms with van der Waals surface area (Å²) in [4.78, 5) is 4.47. The molecule has 0 unspecified atom stereocenters. The number of sulfonamides is 1. The van der Waals surface area contributed by atoms with Crippen LogP contribution < -0.4 is 4.72 Å². The van der Waals surface area contributed by atoms with Gasteiger partial charge in [0.05, 0.1) is 0 Å². The minimum absolute atomic E-state index is 0.0478. The molecule has 0 aliphatic heterocycles. The van der Waals surface area contributed by atoms with Gasteiger partial charge in [-0.1, -0.05) is 11.6 Å². The van der Waals surface area contributed by atoms with Crippen LogP contribution in [-0.2, 0) is 10.0 Å². The summed E-state index contributed by atoms with van der Waals surface area (Å²) >= 11 is 7.11. The van der Waals surface area contributed by atoms with E-state index in [0.717, 1.165) is 0 Å². The summed E-state index contributed by atoms with van der Waals surface area (Å²) in [5.74, 6) is 0. The standard InChI is InChI=1S/C8H10ClN3O3S2/c9-6-7(12-3-5-16-8(12)11-6)17(14,15)10-2-1-4-13/h3,5,10,13H,1-2,4H2. The number of imidazole rings is 1. The Kier molecular flexibility index (Phi) is 3.69. The molecular weight excluding hydrogens is 286 g/mol. The van der Waals surface area contributed by atoms with E-state index in [1.165, 1.54) is 15.7 Å². The number of nitrogens with zero attached hydrogens (tertiary/aromatic N) is 2. The van der Waals surface area contributed by atoms with Crippen molar-refractivity contribution in [2.24, 2.45) is 0 Å². The number of halogens is 1. The molecule has 0 saturated heterocycles. The molecule has 0 saturated carbocycles. The molecule has 0 atom stereocenters. The lowest BCUT2D eigenvalue weighted by atomic mass is 10.5. The largest absolute Gasteiger partial charge is 0.396 e. The van der Waals surface area contributed by atoms with Gasteiger partial charge in [0.1, 0.15) is 0 Å². The van der Waals surface area contributed by atoms with Gasteiger partial charge >= 0.3 is 0 Å². The highest BCUT2D eigenvalue weighted by Gasteiger charge is 2.24. The average Bonchev–Trinajstić information content (AvgIpc) is 2.76. The maximum Gasteiger partial charge on any atom is 0.259 e. The zero-order chi connectivity index (χ0) is 12.5. The molecular formula is C8H10ClN3O3S2. The Bertz CT molecular complexity index is 619. The van der Waals surface area contributed by atoms with Crippen molar-refractivity contribution >= 4 is 37.9 Å². The first kappa shape index (κ1) is 12.8. The molecule has 0 aliphatic carbocycles. The lowest BCUT2D eigenvalue weighted by Crippen LogP contribution is -2.26. The van der Waals surface area contributed by atoms with Gasteiger partial charge in [-0.25, -0.2) is 18.1 Å². The van der Waals surface area contributed by atoms with Crippen molar-refractivity contribution in [3.05, 3.63) is 16.7 Å². The van der Waals surface area contributed by atoms with Crippen molar-refractivity contribution in [1.29, 1.82) is 0 Å². The second-order valence-electron chi connectivity index (χ2n) is 3.24. The summed E-state index contributed by atoms with van der Waals surface area (Å²) in [6, 6.07) is 0. The average molecular weight is 296 g/mol. The van der Waals surface area contributed by atoms with Crippen LogP contribution in [0.15, 0.2) is 16.6 Å². The van der Waals surface area contributed by atoms with Crippen molar-refractivity contribution < 1.29 is 13.5 Å². The Balaban J connectivity index is 2.37. The highest BCUT2D eigenvalue weighted by Crippen LogP contribution is 2.24. The molecule has 0 aliphatic rings. The number of hydrogen-bond donors (Lipinski definition) is 2. The Hall–Kier alpha value is -0.670. The van der Waals surface area contributed by atoms with E-state index in [0.29, 0.717) is 11.4 Å². The number of fused-ring (bicyclic) bond motifs is 1. The van der Waals surface area contributed by atoms with Crippen LogP contribution in [0.3, 0.4) is 0 Å². The Morgan fingerprint density at radius 1 is 1.59 bits per heavy atom. The summed E-state index contributed by atoms with van der Waals surface area (Å²) < 4.78 is 27.7. The zero-order valence-electron chi connectivity index (χ0n) is 8.63. The third kappa shape index (κ3) is 2.45. The molecule has 0 fully saturated rings. The van der Waals surface area contributed by atoms with Crippen molar-refractivity contribution in [3.63, 3.8) is 0 Å². The monoisotopic (exact) mass is 295 g/mol. The fourth-order valence-corrected chi connectivity index (χ4v) is 3.85. The first-order valence-electron chi connectivity index (χ1n) is 4.78. The summed E-state index contributed by atoms with van der Waals surface area (Å²) in [5.41, 5.74) is 0. The lowest BCUT2D eigenvalue weighted by molar-refractivity contribution is 0.289. The smallest absolute Gasteiger partial charge is 0.259 e. The summed E-state index contributed by atoms with van der Waals surface area (Å²) in [7, 11) is -3.70. The van der Waals surface area contributed by atoms with Crippen molar-refractivity contribution in [2.75, 3.05) is 13.2 Å². The molecule has 0 radical (unpaired) electrons. The fourth-order valence-electron chi connectivity index (χ4n) is 1.33. The zero-order valence-corrected chi connectivity index (χ0v) is 11.0. The van der Waals surface area contributed by atoms with Crippen molar-refractivity contribution in [2.45, 2.75) is 11.4 Å². The molecule has 6 nitrogen and oxygen atoms in total. The third-order valence-electron chi connectivity index (χ3n) is 2.06. The molecule has 0 spiro atoms. The Morgan fingerprint density at radius 2 is 2.35 bits per heavy atom. The molecule has 17 heavy (non-hydrogen) atoms. The summed E-state index contributed by atoms with van der Waals surface area (Å²) in [6.45, 7) is 0.0864. The first-order chi connectivity index (χ1) is 8.06. The van der Waals surface area contributed by atoms with Gasteiger partial charge in [0.15, 0.2) is 15.1 Å². The predicted octanol–water partition coefficient (Wildman–Crippen LogP) is 0.710. The number of rotatable bonds is 5. The quantitative estimate of drug-likeness (QED) is 0.796. The number of aliphatic hydroxyl groups excluding tert-OH is 1. The molecule has 2 aromatic heterocycles. The van der Waals surface area contributed by atoms with E-state index >= 15 is 0 Å². The first-order valence-corrected chi connectivity index (χ1v) is 7.52. The minimum atomic E-state index is -3.70. The van der Waals surface area contributed by atoms with Crippen LogP contribution in [-0.4, -0.2) is 36.1 Å². The van der Waals surface area contributed by atoms with Gasteiger partial charge in [0.2, 0.25) is 0 Å². The van der Waals surface area contributed by atoms with Crippen LogP contribution in [0.4, 0.5) is 0 Å². The number of aromatic nitrogens is 2. The van der Waals surface area contributed by atoms with E-state index in [4.69, 9.17) is 16.7 Å². The van der Waals surface area contributed by atoms with E-state index in [9.17, 15) is 8.42 Å². The van der Waals surface area contributed by atoms with Crippen molar-refractivity contribution in [1.82, 2.24) is 14.1 Å². The molecule has 2 N–H and O–H groups in total. The molecule has 2 heterocycles. The van der Waals surface area contributed by atoms with Crippen LogP contribution in [0.2, 0.25) is 5.15 Å². The molecule has 0 amide bonds. The molecule has 0 aromatic carbocycles. The Labute approximate surface area is 107 Å². The van der Waals surface area contributed by atoms with E-state index in [2.05, 4.69) is 9.71 Å². The van der Waals surface area contributed by atoms with Gasteiger partial charge < -0.3 is 5.11 Å². The molecule has 2 aromatic rings. The van der Waals surface area contributed by atoms with Gasteiger partial charge in [-0.05, 0) is 6.42 Å². The SMILES string of the molecule is O=S(=O)(NCCCO)c1c(Cl)nc2sccn12. The number of thiazole rings is 1. The topological polar surface area (TPSA) is 83.7 Å². The third-order valence-corrected chi connectivity index (χ3v) is 4.68. The van der Waals surface area contributed by atoms with Gasteiger partial charge in [-0.2, -0.15) is 0 Å². The normalized spacial score (nSPS) is 12.4. The van der Waals surface area contributed by atoms with E-state index in [1.54, 1.807) is 11.6 Å². The minimum Gasteiger partial charge on any atom is -0.396 e. The Morgan fingerprint density at radius 3 is 3.06 bits per heavy atom. The van der Waals surface area contributed by atoms with Gasteiger partial charge in [0, 0.05) is 24.7 Å². The second kappa shape index (κ2) is 4.91.